The molecule has 0 aromatic carbocycles. The number of amides is 2. The molecule has 29 heavy (non-hydrogen) atoms. The first kappa shape index (κ1) is 19.3. The maximum atomic E-state index is 12.8. The molecule has 0 saturated carbocycles. The van der Waals surface area contributed by atoms with Crippen LogP contribution in [0.4, 0.5) is 5.82 Å². The molecule has 2 aliphatic heterocycles. The molecule has 0 bridgehead atoms. The summed E-state index contributed by atoms with van der Waals surface area (Å²) in [6, 6.07) is 5.37. The lowest BCUT2D eigenvalue weighted by Gasteiger charge is -2.32. The number of carbonyl (C=O) groups is 2. The zero-order valence-corrected chi connectivity index (χ0v) is 16.9. The predicted octanol–water partition coefficient (Wildman–Crippen LogP) is 1.84. The lowest BCUT2D eigenvalue weighted by atomic mass is 9.95. The van der Waals surface area contributed by atoms with Gasteiger partial charge in [0.15, 0.2) is 0 Å². The van der Waals surface area contributed by atoms with Gasteiger partial charge in [0.25, 0.3) is 5.91 Å². The van der Waals surface area contributed by atoms with E-state index >= 15 is 0 Å². The van der Waals surface area contributed by atoms with Gasteiger partial charge >= 0.3 is 0 Å². The van der Waals surface area contributed by atoms with Crippen LogP contribution in [0.15, 0.2) is 24.4 Å². The van der Waals surface area contributed by atoms with Crippen molar-refractivity contribution < 1.29 is 9.59 Å². The molecule has 0 atom stereocenters. The molecule has 1 fully saturated rings. The molecule has 1 N–H and O–H groups in total. The van der Waals surface area contributed by atoms with Crippen LogP contribution in [0.1, 0.15) is 53.3 Å². The molecule has 2 aromatic heterocycles. The Balaban J connectivity index is 1.54. The largest absolute Gasteiger partial charge is 0.373 e. The first-order valence-electron chi connectivity index (χ1n) is 10.1. The third kappa shape index (κ3) is 3.92. The van der Waals surface area contributed by atoms with E-state index < -0.39 is 0 Å². The molecule has 0 unspecified atom stereocenters. The summed E-state index contributed by atoms with van der Waals surface area (Å²) in [4.78, 5) is 41.9. The van der Waals surface area contributed by atoms with Gasteiger partial charge in [-0.3, -0.25) is 14.6 Å². The van der Waals surface area contributed by atoms with E-state index in [2.05, 4.69) is 10.3 Å². The average molecular weight is 394 g/mol. The number of likely N-dealkylation sites (tertiary alicyclic amines) is 1. The highest BCUT2D eigenvalue weighted by Crippen LogP contribution is 2.30. The van der Waals surface area contributed by atoms with E-state index in [1.54, 1.807) is 30.2 Å². The van der Waals surface area contributed by atoms with Crippen LogP contribution in [0.5, 0.6) is 0 Å². The van der Waals surface area contributed by atoms with Gasteiger partial charge in [0.1, 0.15) is 17.3 Å². The van der Waals surface area contributed by atoms with E-state index in [4.69, 9.17) is 9.97 Å². The van der Waals surface area contributed by atoms with Crippen LogP contribution in [0.25, 0.3) is 0 Å². The Labute approximate surface area is 170 Å². The molecule has 4 rings (SSSR count). The molecule has 8 heteroatoms. The molecular formula is C21H26N6O2. The number of fused-ring (bicyclic) bond motifs is 1. The summed E-state index contributed by atoms with van der Waals surface area (Å²) in [5, 5.41) is 3.19. The van der Waals surface area contributed by atoms with E-state index in [1.165, 1.54) is 0 Å². The van der Waals surface area contributed by atoms with Crippen LogP contribution < -0.4 is 5.32 Å². The summed E-state index contributed by atoms with van der Waals surface area (Å²) < 4.78 is 0. The van der Waals surface area contributed by atoms with E-state index in [0.29, 0.717) is 25.2 Å². The number of anilines is 1. The van der Waals surface area contributed by atoms with Crippen molar-refractivity contribution in [2.45, 2.75) is 38.6 Å². The van der Waals surface area contributed by atoms with Crippen molar-refractivity contribution in [3.8, 4) is 0 Å². The molecule has 2 aliphatic rings. The van der Waals surface area contributed by atoms with Gasteiger partial charge in [0.2, 0.25) is 5.91 Å². The van der Waals surface area contributed by atoms with E-state index in [9.17, 15) is 9.59 Å². The Hall–Kier alpha value is -3.03. The quantitative estimate of drug-likeness (QED) is 0.854. The zero-order valence-electron chi connectivity index (χ0n) is 16.9. The van der Waals surface area contributed by atoms with Crippen molar-refractivity contribution in [3.05, 3.63) is 47.2 Å². The molecule has 152 valence electrons. The Morgan fingerprint density at radius 2 is 1.90 bits per heavy atom. The second-order valence-electron chi connectivity index (χ2n) is 7.58. The third-order valence-electron chi connectivity index (χ3n) is 5.79. The normalized spacial score (nSPS) is 17.0. The first-order valence-corrected chi connectivity index (χ1v) is 10.1. The number of hydrogen-bond acceptors (Lipinski definition) is 6. The summed E-state index contributed by atoms with van der Waals surface area (Å²) in [5.74, 6) is 1.96. The zero-order chi connectivity index (χ0) is 20.4. The van der Waals surface area contributed by atoms with Crippen molar-refractivity contribution in [1.29, 1.82) is 0 Å². The first-order chi connectivity index (χ1) is 14.1. The van der Waals surface area contributed by atoms with Crippen LogP contribution in [-0.4, -0.2) is 63.2 Å². The second-order valence-corrected chi connectivity index (χ2v) is 7.58. The molecule has 4 heterocycles. The van der Waals surface area contributed by atoms with E-state index in [-0.39, 0.29) is 17.7 Å². The summed E-state index contributed by atoms with van der Waals surface area (Å²) in [7, 11) is 1.85. The number of piperidine rings is 1. The number of nitrogens with zero attached hydrogens (tertiary/aromatic N) is 5. The molecular weight excluding hydrogens is 368 g/mol. The Bertz CT molecular complexity index is 892. The molecule has 2 aromatic rings. The van der Waals surface area contributed by atoms with Gasteiger partial charge in [-0.05, 0) is 25.0 Å². The van der Waals surface area contributed by atoms with Gasteiger partial charge in [-0.15, -0.1) is 0 Å². The molecule has 8 nitrogen and oxygen atoms in total. The lowest BCUT2D eigenvalue weighted by Crippen LogP contribution is -2.38. The van der Waals surface area contributed by atoms with Crippen molar-refractivity contribution in [1.82, 2.24) is 24.8 Å². The fraction of sp³-hybridized carbons (Fsp3) is 0.476. The minimum absolute atomic E-state index is 0.0704. The Morgan fingerprint density at radius 1 is 1.10 bits per heavy atom. The molecule has 1 saturated heterocycles. The van der Waals surface area contributed by atoms with Crippen molar-refractivity contribution in [3.63, 3.8) is 0 Å². The monoisotopic (exact) mass is 394 g/mol. The fourth-order valence-electron chi connectivity index (χ4n) is 4.10. The number of carbonyl (C=O) groups excluding carboxylic acids is 2. The van der Waals surface area contributed by atoms with Gasteiger partial charge in [-0.2, -0.15) is 0 Å². The number of rotatable bonds is 3. The van der Waals surface area contributed by atoms with Gasteiger partial charge < -0.3 is 15.1 Å². The maximum Gasteiger partial charge on any atom is 0.272 e. The molecule has 0 radical (unpaired) electrons. The molecule has 2 amide bonds. The highest BCUT2D eigenvalue weighted by Gasteiger charge is 2.29. The maximum absolute atomic E-state index is 12.8. The van der Waals surface area contributed by atoms with Gasteiger partial charge in [0.05, 0.1) is 12.2 Å². The van der Waals surface area contributed by atoms with Crippen molar-refractivity contribution in [2.24, 2.45) is 0 Å². The van der Waals surface area contributed by atoms with E-state index in [0.717, 1.165) is 48.8 Å². The Kier molecular flexibility index (Phi) is 5.42. The van der Waals surface area contributed by atoms with Crippen LogP contribution in [0.2, 0.25) is 0 Å². The standard InChI is InChI=1S/C21H26N6O2/c1-14(28)26-10-6-15(7-11-26)19-24-17-8-12-27(13-16(17)20(22-2)25-19)21(29)18-5-3-4-9-23-18/h3-5,9,15H,6-8,10-13H2,1-2H3,(H,22,24,25). The van der Waals surface area contributed by atoms with Crippen molar-refractivity contribution in [2.75, 3.05) is 32.0 Å². The van der Waals surface area contributed by atoms with Crippen LogP contribution in [0.3, 0.4) is 0 Å². The number of pyridine rings is 1. The summed E-state index contributed by atoms with van der Waals surface area (Å²) in [6.45, 7) is 4.21. The number of nitrogens with one attached hydrogen (secondary N) is 1. The van der Waals surface area contributed by atoms with Gasteiger partial charge in [-0.1, -0.05) is 6.07 Å². The average Bonchev–Trinajstić information content (AvgIpc) is 2.78. The topological polar surface area (TPSA) is 91.3 Å². The summed E-state index contributed by atoms with van der Waals surface area (Å²) in [5.41, 5.74) is 2.45. The molecule has 0 aliphatic carbocycles. The fourth-order valence-corrected chi connectivity index (χ4v) is 4.10. The van der Waals surface area contributed by atoms with E-state index in [1.807, 2.05) is 18.0 Å². The SMILES string of the molecule is CNc1nc(C2CCN(C(C)=O)CC2)nc2c1CN(C(=O)c1ccccn1)CC2. The van der Waals surface area contributed by atoms with Crippen LogP contribution in [0, 0.1) is 0 Å². The molecule has 0 spiro atoms. The smallest absolute Gasteiger partial charge is 0.272 e. The third-order valence-corrected chi connectivity index (χ3v) is 5.79. The second kappa shape index (κ2) is 8.14. The highest BCUT2D eigenvalue weighted by atomic mass is 16.2. The van der Waals surface area contributed by atoms with Gasteiger partial charge in [0, 0.05) is 57.7 Å². The van der Waals surface area contributed by atoms with Crippen LogP contribution in [-0.2, 0) is 17.8 Å². The Morgan fingerprint density at radius 3 is 2.55 bits per heavy atom. The minimum Gasteiger partial charge on any atom is -0.373 e. The number of aromatic nitrogens is 3. The lowest BCUT2D eigenvalue weighted by molar-refractivity contribution is -0.129. The summed E-state index contributed by atoms with van der Waals surface area (Å²) in [6.07, 6.45) is 4.10. The predicted molar refractivity (Wildman–Crippen MR) is 108 cm³/mol. The van der Waals surface area contributed by atoms with Crippen LogP contribution >= 0.6 is 0 Å². The van der Waals surface area contributed by atoms with Crippen molar-refractivity contribution >= 4 is 17.6 Å². The van der Waals surface area contributed by atoms with Gasteiger partial charge in [-0.25, -0.2) is 9.97 Å². The summed E-state index contributed by atoms with van der Waals surface area (Å²) >= 11 is 0. The minimum atomic E-state index is -0.0704. The highest BCUT2D eigenvalue weighted by molar-refractivity contribution is 5.92. The number of hydrogen-bond donors (Lipinski definition) is 1.